The third-order valence-corrected chi connectivity index (χ3v) is 1.67. The maximum atomic E-state index is 11.4. The summed E-state index contributed by atoms with van der Waals surface area (Å²) in [6, 6.07) is 1.82. The Labute approximate surface area is 71.9 Å². The van der Waals surface area contributed by atoms with Crippen LogP contribution in [0.3, 0.4) is 0 Å². The molecule has 0 aliphatic rings. The minimum atomic E-state index is -0.0272. The van der Waals surface area contributed by atoms with Crippen molar-refractivity contribution >= 4 is 5.78 Å². The number of hydrogen-bond donors (Lipinski definition) is 0. The normalized spacial score (nSPS) is 9.50. The van der Waals surface area contributed by atoms with Crippen LogP contribution in [0.5, 0.6) is 0 Å². The first kappa shape index (κ1) is 8.65. The van der Waals surface area contributed by atoms with Gasteiger partial charge in [0, 0.05) is 18.0 Å². The summed E-state index contributed by atoms with van der Waals surface area (Å²) in [5.74, 6) is -0.0272. The number of Topliss-reactive ketones (excluding diaryl/α,β-unsaturated/α-hetero) is 1. The Morgan fingerprint density at radius 1 is 1.58 bits per heavy atom. The van der Waals surface area contributed by atoms with E-state index in [-0.39, 0.29) is 5.78 Å². The summed E-state index contributed by atoms with van der Waals surface area (Å²) < 4.78 is 0. The van der Waals surface area contributed by atoms with Crippen molar-refractivity contribution in [3.8, 4) is 0 Å². The molecule has 2 nitrogen and oxygen atoms in total. The Bertz CT molecular complexity index is 328. The Hall–Kier alpha value is -1.44. The van der Waals surface area contributed by atoms with Gasteiger partial charge in [0.25, 0.3) is 0 Å². The van der Waals surface area contributed by atoms with Gasteiger partial charge < -0.3 is 0 Å². The van der Waals surface area contributed by atoms with Crippen molar-refractivity contribution in [2.45, 2.75) is 13.8 Å². The Morgan fingerprint density at radius 2 is 2.25 bits per heavy atom. The molecular formula is C10H11NO. The highest BCUT2D eigenvalue weighted by Crippen LogP contribution is 2.09. The number of hydrogen-bond acceptors (Lipinski definition) is 2. The van der Waals surface area contributed by atoms with Crippen LogP contribution in [0.2, 0.25) is 0 Å². The zero-order chi connectivity index (χ0) is 9.14. The molecule has 0 spiro atoms. The predicted molar refractivity (Wildman–Crippen MR) is 48.1 cm³/mol. The van der Waals surface area contributed by atoms with Crippen molar-refractivity contribution in [1.29, 1.82) is 0 Å². The summed E-state index contributed by atoms with van der Waals surface area (Å²) in [6.45, 7) is 7.19. The van der Waals surface area contributed by atoms with Gasteiger partial charge >= 0.3 is 0 Å². The zero-order valence-corrected chi connectivity index (χ0v) is 7.29. The SMILES string of the molecule is C=C(C)C(=O)c1cnccc1C. The summed E-state index contributed by atoms with van der Waals surface area (Å²) in [6.07, 6.45) is 3.25. The van der Waals surface area contributed by atoms with Gasteiger partial charge in [0.05, 0.1) is 0 Å². The lowest BCUT2D eigenvalue weighted by atomic mass is 10.0. The fourth-order valence-electron chi connectivity index (χ4n) is 0.932. The third-order valence-electron chi connectivity index (χ3n) is 1.67. The zero-order valence-electron chi connectivity index (χ0n) is 7.29. The number of allylic oxidation sites excluding steroid dienone is 1. The van der Waals surface area contributed by atoms with Crippen LogP contribution < -0.4 is 0 Å². The topological polar surface area (TPSA) is 30.0 Å². The molecule has 0 radical (unpaired) electrons. The second-order valence-corrected chi connectivity index (χ2v) is 2.80. The molecule has 1 aromatic heterocycles. The number of nitrogens with zero attached hydrogens (tertiary/aromatic N) is 1. The van der Waals surface area contributed by atoms with Gasteiger partial charge in [-0.1, -0.05) is 6.58 Å². The number of carbonyl (C=O) groups is 1. The molecule has 1 rings (SSSR count). The Kier molecular flexibility index (Phi) is 2.38. The second-order valence-electron chi connectivity index (χ2n) is 2.80. The minimum Gasteiger partial charge on any atom is -0.289 e. The molecular weight excluding hydrogens is 150 g/mol. The minimum absolute atomic E-state index is 0.0272. The lowest BCUT2D eigenvalue weighted by Gasteiger charge is -2.01. The van der Waals surface area contributed by atoms with Crippen LogP contribution in [0.4, 0.5) is 0 Å². The van der Waals surface area contributed by atoms with Crippen LogP contribution in [0, 0.1) is 6.92 Å². The summed E-state index contributed by atoms with van der Waals surface area (Å²) in [5, 5.41) is 0. The van der Waals surface area contributed by atoms with Gasteiger partial charge in [0.2, 0.25) is 0 Å². The largest absolute Gasteiger partial charge is 0.289 e. The first-order chi connectivity index (χ1) is 5.63. The first-order valence-electron chi connectivity index (χ1n) is 3.73. The van der Waals surface area contributed by atoms with Crippen LogP contribution in [0.1, 0.15) is 22.8 Å². The molecule has 0 bridgehead atoms. The first-order valence-corrected chi connectivity index (χ1v) is 3.73. The van der Waals surface area contributed by atoms with Crippen LogP contribution in [0.15, 0.2) is 30.6 Å². The fourth-order valence-corrected chi connectivity index (χ4v) is 0.932. The molecule has 1 aromatic rings. The van der Waals surface area contributed by atoms with Gasteiger partial charge in [-0.2, -0.15) is 0 Å². The number of aryl methyl sites for hydroxylation is 1. The van der Waals surface area contributed by atoms with E-state index in [0.29, 0.717) is 11.1 Å². The maximum Gasteiger partial charge on any atom is 0.189 e. The van der Waals surface area contributed by atoms with Crippen molar-refractivity contribution in [2.24, 2.45) is 0 Å². The molecule has 0 aliphatic carbocycles. The summed E-state index contributed by atoms with van der Waals surface area (Å²) >= 11 is 0. The summed E-state index contributed by atoms with van der Waals surface area (Å²) in [7, 11) is 0. The Morgan fingerprint density at radius 3 is 2.75 bits per heavy atom. The lowest BCUT2D eigenvalue weighted by Crippen LogP contribution is -2.02. The highest BCUT2D eigenvalue weighted by atomic mass is 16.1. The monoisotopic (exact) mass is 161 g/mol. The van der Waals surface area contributed by atoms with E-state index >= 15 is 0 Å². The van der Waals surface area contributed by atoms with E-state index in [2.05, 4.69) is 11.6 Å². The second kappa shape index (κ2) is 3.30. The predicted octanol–water partition coefficient (Wildman–Crippen LogP) is 2.15. The molecule has 12 heavy (non-hydrogen) atoms. The molecule has 0 N–H and O–H groups in total. The van der Waals surface area contributed by atoms with Crippen LogP contribution in [-0.4, -0.2) is 10.8 Å². The summed E-state index contributed by atoms with van der Waals surface area (Å²) in [4.78, 5) is 15.3. The van der Waals surface area contributed by atoms with E-state index in [1.54, 1.807) is 19.3 Å². The van der Waals surface area contributed by atoms with E-state index < -0.39 is 0 Å². The van der Waals surface area contributed by atoms with Crippen LogP contribution >= 0.6 is 0 Å². The van der Waals surface area contributed by atoms with E-state index in [0.717, 1.165) is 5.56 Å². The molecule has 2 heteroatoms. The molecule has 0 fully saturated rings. The van der Waals surface area contributed by atoms with Crippen molar-refractivity contribution < 1.29 is 4.79 Å². The Balaban J connectivity index is 3.11. The standard InChI is InChI=1S/C10H11NO/c1-7(2)10(12)9-6-11-5-4-8(9)3/h4-6H,1H2,2-3H3. The molecule has 1 heterocycles. The third kappa shape index (κ3) is 1.59. The molecule has 0 aliphatic heterocycles. The highest BCUT2D eigenvalue weighted by Gasteiger charge is 2.08. The number of rotatable bonds is 2. The molecule has 0 amide bonds. The van der Waals surface area contributed by atoms with E-state index in [1.807, 2.05) is 13.0 Å². The number of carbonyl (C=O) groups excluding carboxylic acids is 1. The van der Waals surface area contributed by atoms with Gasteiger partial charge in [0.15, 0.2) is 5.78 Å². The molecule has 0 saturated carbocycles. The number of pyridine rings is 1. The van der Waals surface area contributed by atoms with Crippen molar-refractivity contribution in [2.75, 3.05) is 0 Å². The lowest BCUT2D eigenvalue weighted by molar-refractivity contribution is 0.103. The average molecular weight is 161 g/mol. The van der Waals surface area contributed by atoms with Gasteiger partial charge in [0.1, 0.15) is 0 Å². The highest BCUT2D eigenvalue weighted by molar-refractivity contribution is 6.08. The molecule has 62 valence electrons. The van der Waals surface area contributed by atoms with Gasteiger partial charge in [-0.15, -0.1) is 0 Å². The van der Waals surface area contributed by atoms with E-state index in [4.69, 9.17) is 0 Å². The summed E-state index contributed by atoms with van der Waals surface area (Å²) in [5.41, 5.74) is 2.13. The van der Waals surface area contributed by atoms with Gasteiger partial charge in [-0.3, -0.25) is 9.78 Å². The van der Waals surface area contributed by atoms with Gasteiger partial charge in [-0.05, 0) is 31.1 Å². The van der Waals surface area contributed by atoms with Crippen LogP contribution in [-0.2, 0) is 0 Å². The van der Waals surface area contributed by atoms with E-state index in [9.17, 15) is 4.79 Å². The number of ketones is 1. The quantitative estimate of drug-likeness (QED) is 0.491. The fraction of sp³-hybridized carbons (Fsp3) is 0.200. The van der Waals surface area contributed by atoms with Crippen molar-refractivity contribution in [3.63, 3.8) is 0 Å². The average Bonchev–Trinajstić information content (AvgIpc) is 2.04. The smallest absolute Gasteiger partial charge is 0.189 e. The molecule has 0 aromatic carbocycles. The molecule has 0 atom stereocenters. The molecule has 0 saturated heterocycles. The van der Waals surface area contributed by atoms with E-state index in [1.165, 1.54) is 0 Å². The van der Waals surface area contributed by atoms with Crippen molar-refractivity contribution in [1.82, 2.24) is 4.98 Å². The maximum absolute atomic E-state index is 11.4. The molecule has 0 unspecified atom stereocenters. The number of aromatic nitrogens is 1. The van der Waals surface area contributed by atoms with Crippen LogP contribution in [0.25, 0.3) is 0 Å². The van der Waals surface area contributed by atoms with Gasteiger partial charge in [-0.25, -0.2) is 0 Å². The van der Waals surface area contributed by atoms with Crippen molar-refractivity contribution in [3.05, 3.63) is 41.7 Å².